The van der Waals surface area contributed by atoms with Crippen LogP contribution < -0.4 is 16.0 Å². The molecule has 41 heavy (non-hydrogen) atoms. The fourth-order valence-electron chi connectivity index (χ4n) is 3.35. The van der Waals surface area contributed by atoms with Crippen molar-refractivity contribution in [3.8, 4) is 0 Å². The molecule has 2 atom stereocenters. The molecule has 1 aromatic heterocycles. The lowest BCUT2D eigenvalue weighted by Crippen LogP contribution is -2.55. The molecule has 15 heteroatoms. The minimum Gasteiger partial charge on any atom is -0.480 e. The van der Waals surface area contributed by atoms with E-state index in [1.807, 2.05) is 0 Å². The van der Waals surface area contributed by atoms with E-state index >= 15 is 0 Å². The minimum atomic E-state index is -1.56. The van der Waals surface area contributed by atoms with Crippen molar-refractivity contribution in [2.45, 2.75) is 70.7 Å². The molecule has 0 aliphatic carbocycles. The van der Waals surface area contributed by atoms with Gasteiger partial charge in [-0.2, -0.15) is 0 Å². The van der Waals surface area contributed by atoms with Crippen LogP contribution in [0, 0.1) is 0 Å². The number of carbonyl (C=O) groups is 6. The third-order valence-electron chi connectivity index (χ3n) is 5.56. The number of benzene rings is 1. The summed E-state index contributed by atoms with van der Waals surface area (Å²) in [7, 11) is 0. The van der Waals surface area contributed by atoms with Crippen LogP contribution in [0.3, 0.4) is 0 Å². The van der Waals surface area contributed by atoms with E-state index in [4.69, 9.17) is 9.84 Å². The van der Waals surface area contributed by atoms with E-state index in [1.165, 1.54) is 13.8 Å². The third-order valence-corrected chi connectivity index (χ3v) is 5.56. The summed E-state index contributed by atoms with van der Waals surface area (Å²) < 4.78 is 6.24. The Morgan fingerprint density at radius 2 is 1.56 bits per heavy atom. The van der Waals surface area contributed by atoms with E-state index in [-0.39, 0.29) is 12.1 Å². The van der Waals surface area contributed by atoms with Crippen molar-refractivity contribution in [1.29, 1.82) is 0 Å². The van der Waals surface area contributed by atoms with E-state index in [1.54, 1.807) is 51.1 Å². The standard InChI is InChI=1S/C26H34N6O9/c1-25(2,3)41-20(35)12-17(29-23(38)18-14-32(31-30-18)26(4,5)24(39)40)22(37)28-16(21(36)27-13-19(33)34)11-15-9-7-6-8-10-15/h6-10,14,16-17H,11-13H2,1-5H3,(H,27,36)(H,28,37)(H,29,38)(H,33,34)(H,39,40)/t16-,17-/m0/s1. The number of carbonyl (C=O) groups excluding carboxylic acids is 4. The van der Waals surface area contributed by atoms with Gasteiger partial charge < -0.3 is 30.9 Å². The largest absolute Gasteiger partial charge is 0.480 e. The van der Waals surface area contributed by atoms with Gasteiger partial charge >= 0.3 is 17.9 Å². The first kappa shape index (κ1) is 32.4. The number of aliphatic carboxylic acids is 2. The van der Waals surface area contributed by atoms with Crippen LogP contribution in [0.1, 0.15) is 57.1 Å². The molecular weight excluding hydrogens is 540 g/mol. The van der Waals surface area contributed by atoms with Gasteiger partial charge in [-0.15, -0.1) is 5.10 Å². The van der Waals surface area contributed by atoms with Gasteiger partial charge in [-0.25, -0.2) is 9.48 Å². The molecule has 2 aromatic rings. The van der Waals surface area contributed by atoms with Crippen molar-refractivity contribution in [1.82, 2.24) is 30.9 Å². The minimum absolute atomic E-state index is 0.0241. The summed E-state index contributed by atoms with van der Waals surface area (Å²) in [5.74, 6) is -6.04. The van der Waals surface area contributed by atoms with Gasteiger partial charge in [0.1, 0.15) is 24.2 Å². The Balaban J connectivity index is 2.32. The van der Waals surface area contributed by atoms with Gasteiger partial charge in [0.2, 0.25) is 11.8 Å². The zero-order valence-corrected chi connectivity index (χ0v) is 23.3. The van der Waals surface area contributed by atoms with Crippen LogP contribution in [0.15, 0.2) is 36.5 Å². The zero-order valence-electron chi connectivity index (χ0n) is 23.3. The van der Waals surface area contributed by atoms with E-state index in [2.05, 4.69) is 26.3 Å². The lowest BCUT2D eigenvalue weighted by molar-refractivity contribution is -0.156. The lowest BCUT2D eigenvalue weighted by Gasteiger charge is -2.24. The molecule has 0 saturated carbocycles. The Kier molecular flexibility index (Phi) is 10.7. The molecule has 0 radical (unpaired) electrons. The molecule has 5 N–H and O–H groups in total. The molecule has 0 saturated heterocycles. The second kappa shape index (κ2) is 13.5. The summed E-state index contributed by atoms with van der Waals surface area (Å²) in [6, 6.07) is 5.76. The molecule has 1 heterocycles. The SMILES string of the molecule is CC(C)(C)OC(=O)C[C@H](NC(=O)c1cn(C(C)(C)C(=O)O)nn1)C(=O)N[C@@H](Cc1ccccc1)C(=O)NCC(=O)O. The van der Waals surface area contributed by atoms with Gasteiger partial charge in [-0.3, -0.25) is 24.0 Å². The maximum atomic E-state index is 13.4. The van der Waals surface area contributed by atoms with Crippen LogP contribution in [0.2, 0.25) is 0 Å². The number of esters is 1. The van der Waals surface area contributed by atoms with Crippen molar-refractivity contribution >= 4 is 35.6 Å². The number of hydrogen-bond donors (Lipinski definition) is 5. The zero-order chi connectivity index (χ0) is 31.0. The van der Waals surface area contributed by atoms with Crippen LogP contribution in [0.25, 0.3) is 0 Å². The molecule has 2 rings (SSSR count). The quantitative estimate of drug-likeness (QED) is 0.198. The highest BCUT2D eigenvalue weighted by Crippen LogP contribution is 2.15. The number of ether oxygens (including phenoxy) is 1. The Labute approximate surface area is 235 Å². The summed E-state index contributed by atoms with van der Waals surface area (Å²) in [5, 5.41) is 32.7. The molecule has 3 amide bonds. The average molecular weight is 575 g/mol. The topological polar surface area (TPSA) is 219 Å². The van der Waals surface area contributed by atoms with Gasteiger partial charge in [0, 0.05) is 6.42 Å². The molecule has 0 bridgehead atoms. The summed E-state index contributed by atoms with van der Waals surface area (Å²) in [4.78, 5) is 74.2. The first-order valence-corrected chi connectivity index (χ1v) is 12.5. The average Bonchev–Trinajstić information content (AvgIpc) is 3.37. The van der Waals surface area contributed by atoms with Crippen molar-refractivity contribution in [2.24, 2.45) is 0 Å². The van der Waals surface area contributed by atoms with Gasteiger partial charge in [-0.05, 0) is 40.2 Å². The summed E-state index contributed by atoms with van der Waals surface area (Å²) in [5.41, 5.74) is -2.12. The third kappa shape index (κ3) is 10.0. The number of carboxylic acids is 2. The van der Waals surface area contributed by atoms with Crippen molar-refractivity contribution in [3.63, 3.8) is 0 Å². The van der Waals surface area contributed by atoms with Crippen molar-refractivity contribution < 1.29 is 43.7 Å². The van der Waals surface area contributed by atoms with Crippen LogP contribution >= 0.6 is 0 Å². The fraction of sp³-hybridized carbons (Fsp3) is 0.462. The fourth-order valence-corrected chi connectivity index (χ4v) is 3.35. The molecular formula is C26H34N6O9. The van der Waals surface area contributed by atoms with Gasteiger partial charge in [-0.1, -0.05) is 35.5 Å². The van der Waals surface area contributed by atoms with E-state index in [0.717, 1.165) is 10.9 Å². The number of nitrogens with one attached hydrogen (secondary N) is 3. The molecule has 0 fully saturated rings. The number of rotatable bonds is 13. The summed E-state index contributed by atoms with van der Waals surface area (Å²) in [6.45, 7) is 6.83. The van der Waals surface area contributed by atoms with Crippen LogP contribution in [0.4, 0.5) is 0 Å². The van der Waals surface area contributed by atoms with Gasteiger partial charge in [0.05, 0.1) is 12.6 Å². The number of nitrogens with zero attached hydrogens (tertiary/aromatic N) is 3. The Morgan fingerprint density at radius 1 is 0.927 bits per heavy atom. The van der Waals surface area contributed by atoms with Crippen LogP contribution in [-0.2, 0) is 40.7 Å². The number of aromatic nitrogens is 3. The van der Waals surface area contributed by atoms with E-state index in [0.29, 0.717) is 5.56 Å². The first-order valence-electron chi connectivity index (χ1n) is 12.5. The second-order valence-corrected chi connectivity index (χ2v) is 10.6. The Morgan fingerprint density at radius 3 is 2.12 bits per heavy atom. The summed E-state index contributed by atoms with van der Waals surface area (Å²) in [6.07, 6.45) is 0.422. The molecule has 0 aliphatic heterocycles. The lowest BCUT2D eigenvalue weighted by atomic mass is 10.0. The molecule has 15 nitrogen and oxygen atoms in total. The number of amides is 3. The second-order valence-electron chi connectivity index (χ2n) is 10.6. The normalized spacial score (nSPS) is 12.9. The Bertz CT molecular complexity index is 1280. The molecule has 0 unspecified atom stereocenters. The van der Waals surface area contributed by atoms with Crippen LogP contribution in [0.5, 0.6) is 0 Å². The van der Waals surface area contributed by atoms with Crippen molar-refractivity contribution in [2.75, 3.05) is 6.54 Å². The number of carboxylic acid groups (broad SMARTS) is 2. The highest BCUT2D eigenvalue weighted by atomic mass is 16.6. The van der Waals surface area contributed by atoms with Gasteiger partial charge in [0.25, 0.3) is 5.91 Å². The first-order chi connectivity index (χ1) is 19.0. The smallest absolute Gasteiger partial charge is 0.331 e. The Hall–Kier alpha value is -4.82. The number of hydrogen-bond acceptors (Lipinski definition) is 9. The van der Waals surface area contributed by atoms with Crippen LogP contribution in [-0.4, -0.2) is 85.1 Å². The highest BCUT2D eigenvalue weighted by Gasteiger charge is 2.34. The molecule has 0 aliphatic rings. The predicted octanol–water partition coefficient (Wildman–Crippen LogP) is -0.144. The maximum Gasteiger partial charge on any atom is 0.331 e. The molecule has 222 valence electrons. The molecule has 0 spiro atoms. The van der Waals surface area contributed by atoms with E-state index < -0.39 is 71.8 Å². The van der Waals surface area contributed by atoms with E-state index in [9.17, 15) is 33.9 Å². The van der Waals surface area contributed by atoms with Crippen molar-refractivity contribution in [3.05, 3.63) is 47.8 Å². The predicted molar refractivity (Wildman–Crippen MR) is 141 cm³/mol. The summed E-state index contributed by atoms with van der Waals surface area (Å²) >= 11 is 0. The maximum absolute atomic E-state index is 13.4. The molecule has 1 aromatic carbocycles. The monoisotopic (exact) mass is 574 g/mol. The van der Waals surface area contributed by atoms with Gasteiger partial charge in [0.15, 0.2) is 11.2 Å². The highest BCUT2D eigenvalue weighted by molar-refractivity contribution is 5.98.